The molecular formula is C18H18ClN3O6S. The highest BCUT2D eigenvalue weighted by Crippen LogP contribution is 2.28. The lowest BCUT2D eigenvalue weighted by Crippen LogP contribution is -2.40. The predicted octanol–water partition coefficient (Wildman–Crippen LogP) is 2.83. The molecule has 2 aromatic rings. The number of ether oxygens (including phenoxy) is 1. The minimum atomic E-state index is -3.90. The van der Waals surface area contributed by atoms with Crippen molar-refractivity contribution in [3.05, 3.63) is 62.7 Å². The summed E-state index contributed by atoms with van der Waals surface area (Å²) in [5.74, 6) is -0.608. The number of amides is 1. The van der Waals surface area contributed by atoms with Crippen LogP contribution < -0.4 is 5.32 Å². The van der Waals surface area contributed by atoms with Gasteiger partial charge in [-0.15, -0.1) is 0 Å². The third-order valence-electron chi connectivity index (χ3n) is 4.46. The van der Waals surface area contributed by atoms with Crippen LogP contribution in [0.5, 0.6) is 0 Å². The predicted molar refractivity (Wildman–Crippen MR) is 107 cm³/mol. The van der Waals surface area contributed by atoms with Crippen molar-refractivity contribution in [1.29, 1.82) is 0 Å². The number of sulfonamides is 1. The number of nitrogens with zero attached hydrogens (tertiary/aromatic N) is 2. The number of halogens is 1. The number of rotatable bonds is 5. The molecule has 1 N–H and O–H groups in total. The molecular weight excluding hydrogens is 422 g/mol. The number of anilines is 1. The third kappa shape index (κ3) is 4.56. The van der Waals surface area contributed by atoms with E-state index in [4.69, 9.17) is 16.3 Å². The Morgan fingerprint density at radius 1 is 1.21 bits per heavy atom. The lowest BCUT2D eigenvalue weighted by atomic mass is 10.1. The van der Waals surface area contributed by atoms with Crippen molar-refractivity contribution in [2.75, 3.05) is 31.6 Å². The lowest BCUT2D eigenvalue weighted by molar-refractivity contribution is -0.384. The van der Waals surface area contributed by atoms with Gasteiger partial charge in [-0.25, -0.2) is 8.42 Å². The number of aryl methyl sites for hydroxylation is 1. The molecule has 3 rings (SSSR count). The molecule has 0 aliphatic carbocycles. The summed E-state index contributed by atoms with van der Waals surface area (Å²) in [5, 5.41) is 13.5. The average molecular weight is 440 g/mol. The minimum Gasteiger partial charge on any atom is -0.379 e. The van der Waals surface area contributed by atoms with Gasteiger partial charge in [0.25, 0.3) is 11.6 Å². The zero-order valence-corrected chi connectivity index (χ0v) is 17.0. The molecule has 154 valence electrons. The van der Waals surface area contributed by atoms with Crippen molar-refractivity contribution in [1.82, 2.24) is 4.31 Å². The van der Waals surface area contributed by atoms with E-state index in [1.165, 1.54) is 40.7 Å². The summed E-state index contributed by atoms with van der Waals surface area (Å²) in [5.41, 5.74) is 0.778. The first-order chi connectivity index (χ1) is 13.7. The molecule has 0 bridgehead atoms. The zero-order valence-electron chi connectivity index (χ0n) is 15.4. The number of morpholine rings is 1. The Kier molecular flexibility index (Phi) is 6.18. The van der Waals surface area contributed by atoms with Crippen LogP contribution in [-0.2, 0) is 14.8 Å². The largest absolute Gasteiger partial charge is 0.379 e. The van der Waals surface area contributed by atoms with E-state index in [0.717, 1.165) is 0 Å². The molecule has 0 aromatic heterocycles. The highest BCUT2D eigenvalue weighted by atomic mass is 35.5. The molecule has 2 aromatic carbocycles. The molecule has 1 saturated heterocycles. The molecule has 1 aliphatic heterocycles. The highest BCUT2D eigenvalue weighted by Gasteiger charge is 2.29. The minimum absolute atomic E-state index is 0.000397. The van der Waals surface area contributed by atoms with Gasteiger partial charge < -0.3 is 10.1 Å². The fourth-order valence-corrected chi connectivity index (χ4v) is 4.73. The fraction of sp³-hybridized carbons (Fsp3) is 0.278. The first kappa shape index (κ1) is 21.2. The van der Waals surface area contributed by atoms with Crippen LogP contribution in [0.2, 0.25) is 5.02 Å². The summed E-state index contributed by atoms with van der Waals surface area (Å²) in [6.45, 7) is 2.64. The number of nitro benzene ring substituents is 1. The van der Waals surface area contributed by atoms with Crippen molar-refractivity contribution < 1.29 is 22.9 Å². The van der Waals surface area contributed by atoms with E-state index in [1.54, 1.807) is 6.92 Å². The summed E-state index contributed by atoms with van der Waals surface area (Å²) >= 11 is 6.10. The van der Waals surface area contributed by atoms with Gasteiger partial charge in [0.05, 0.1) is 28.8 Å². The van der Waals surface area contributed by atoms with Crippen molar-refractivity contribution in [2.24, 2.45) is 0 Å². The molecule has 0 atom stereocenters. The van der Waals surface area contributed by atoms with Crippen LogP contribution in [0.1, 0.15) is 15.9 Å². The lowest BCUT2D eigenvalue weighted by Gasteiger charge is -2.26. The van der Waals surface area contributed by atoms with Gasteiger partial charge in [0.15, 0.2) is 0 Å². The van der Waals surface area contributed by atoms with Crippen LogP contribution in [0.25, 0.3) is 0 Å². The molecule has 0 saturated carbocycles. The number of non-ortho nitro benzene ring substituents is 1. The van der Waals surface area contributed by atoms with Crippen LogP contribution in [0.4, 0.5) is 11.4 Å². The highest BCUT2D eigenvalue weighted by molar-refractivity contribution is 7.89. The second-order valence-electron chi connectivity index (χ2n) is 6.37. The van der Waals surface area contributed by atoms with E-state index in [0.29, 0.717) is 5.56 Å². The Morgan fingerprint density at radius 2 is 1.90 bits per heavy atom. The fourth-order valence-electron chi connectivity index (χ4n) is 2.82. The van der Waals surface area contributed by atoms with E-state index >= 15 is 0 Å². The number of hydrogen-bond acceptors (Lipinski definition) is 6. The summed E-state index contributed by atoms with van der Waals surface area (Å²) in [6, 6.07) is 8.03. The summed E-state index contributed by atoms with van der Waals surface area (Å²) in [6.07, 6.45) is 0. The molecule has 0 spiro atoms. The van der Waals surface area contributed by atoms with Gasteiger partial charge in [-0.1, -0.05) is 17.7 Å². The Hall–Kier alpha value is -2.53. The van der Waals surface area contributed by atoms with Gasteiger partial charge in [0.2, 0.25) is 10.0 Å². The summed E-state index contributed by atoms with van der Waals surface area (Å²) in [4.78, 5) is 22.9. The average Bonchev–Trinajstić information content (AvgIpc) is 2.70. The van der Waals surface area contributed by atoms with Crippen molar-refractivity contribution in [3.8, 4) is 0 Å². The molecule has 1 aliphatic rings. The zero-order chi connectivity index (χ0) is 21.2. The van der Waals surface area contributed by atoms with Gasteiger partial charge in [-0.05, 0) is 30.7 Å². The van der Waals surface area contributed by atoms with E-state index in [1.807, 2.05) is 0 Å². The summed E-state index contributed by atoms with van der Waals surface area (Å²) < 4.78 is 32.2. The van der Waals surface area contributed by atoms with Crippen LogP contribution in [0.3, 0.4) is 0 Å². The number of nitrogens with one attached hydrogen (secondary N) is 1. The Bertz CT molecular complexity index is 1070. The molecule has 1 heterocycles. The van der Waals surface area contributed by atoms with Gasteiger partial charge in [-0.3, -0.25) is 14.9 Å². The third-order valence-corrected chi connectivity index (χ3v) is 6.84. The number of carbonyl (C=O) groups is 1. The number of carbonyl (C=O) groups excluding carboxylic acids is 1. The first-order valence-electron chi connectivity index (χ1n) is 8.64. The molecule has 9 nitrogen and oxygen atoms in total. The normalized spacial score (nSPS) is 15.1. The van der Waals surface area contributed by atoms with Gasteiger partial charge in [0.1, 0.15) is 4.90 Å². The van der Waals surface area contributed by atoms with Gasteiger partial charge in [0, 0.05) is 30.8 Å². The second-order valence-corrected chi connectivity index (χ2v) is 8.69. The molecule has 0 radical (unpaired) electrons. The maximum atomic E-state index is 12.9. The molecule has 29 heavy (non-hydrogen) atoms. The monoisotopic (exact) mass is 439 g/mol. The maximum absolute atomic E-state index is 12.9. The van der Waals surface area contributed by atoms with Crippen molar-refractivity contribution in [2.45, 2.75) is 11.8 Å². The van der Waals surface area contributed by atoms with E-state index in [-0.39, 0.29) is 53.2 Å². The Morgan fingerprint density at radius 3 is 2.55 bits per heavy atom. The van der Waals surface area contributed by atoms with Crippen molar-refractivity contribution >= 4 is 38.9 Å². The molecule has 11 heteroatoms. The molecule has 1 amide bonds. The maximum Gasteiger partial charge on any atom is 0.271 e. The first-order valence-corrected chi connectivity index (χ1v) is 10.5. The molecule has 1 fully saturated rings. The van der Waals surface area contributed by atoms with E-state index < -0.39 is 20.9 Å². The topological polar surface area (TPSA) is 119 Å². The second kappa shape index (κ2) is 8.46. The van der Waals surface area contributed by atoms with Crippen LogP contribution in [0.15, 0.2) is 41.3 Å². The Labute approximate surface area is 172 Å². The smallest absolute Gasteiger partial charge is 0.271 e. The molecule has 0 unspecified atom stereocenters. The number of hydrogen-bond donors (Lipinski definition) is 1. The number of benzene rings is 2. The van der Waals surface area contributed by atoms with Crippen LogP contribution >= 0.6 is 11.6 Å². The number of nitro groups is 1. The summed E-state index contributed by atoms with van der Waals surface area (Å²) in [7, 11) is -3.90. The van der Waals surface area contributed by atoms with Crippen LogP contribution in [-0.4, -0.2) is 49.9 Å². The van der Waals surface area contributed by atoms with Gasteiger partial charge >= 0.3 is 0 Å². The van der Waals surface area contributed by atoms with Gasteiger partial charge in [-0.2, -0.15) is 4.31 Å². The van der Waals surface area contributed by atoms with E-state index in [2.05, 4.69) is 5.32 Å². The van der Waals surface area contributed by atoms with Crippen molar-refractivity contribution in [3.63, 3.8) is 0 Å². The Balaban J connectivity index is 1.90. The quantitative estimate of drug-likeness (QED) is 0.565. The SMILES string of the molecule is Cc1ccc([N+](=O)[O-])cc1NC(=O)c1ccc(Cl)c(S(=O)(=O)N2CCOCC2)c1. The van der Waals surface area contributed by atoms with E-state index in [9.17, 15) is 23.3 Å². The van der Waals surface area contributed by atoms with Crippen LogP contribution in [0, 0.1) is 17.0 Å². The standard InChI is InChI=1S/C18H18ClN3O6S/c1-12-2-4-14(22(24)25)11-16(12)20-18(23)13-3-5-15(19)17(10-13)29(26,27)21-6-8-28-9-7-21/h2-5,10-11H,6-9H2,1H3,(H,20,23).